The van der Waals surface area contributed by atoms with Gasteiger partial charge in [0.05, 0.1) is 22.7 Å². The van der Waals surface area contributed by atoms with Crippen molar-refractivity contribution in [1.29, 1.82) is 0 Å². The van der Waals surface area contributed by atoms with Crippen LogP contribution < -0.4 is 4.72 Å². The third kappa shape index (κ3) is 8.33. The van der Waals surface area contributed by atoms with Gasteiger partial charge in [0.1, 0.15) is 18.2 Å². The topological polar surface area (TPSA) is 107 Å². The highest BCUT2D eigenvalue weighted by Crippen LogP contribution is 2.30. The number of carbonyl (C=O) groups is 2. The van der Waals surface area contributed by atoms with Gasteiger partial charge in [0, 0.05) is 34.2 Å². The van der Waals surface area contributed by atoms with E-state index in [1.165, 1.54) is 18.2 Å². The van der Waals surface area contributed by atoms with Crippen LogP contribution in [0, 0.1) is 5.82 Å². The Morgan fingerprint density at radius 3 is 2.24 bits per heavy atom. The van der Waals surface area contributed by atoms with Gasteiger partial charge in [0.15, 0.2) is 10.9 Å². The number of aryl methyl sites for hydroxylation is 1. The number of halogens is 2. The number of nitrogens with one attached hydrogen (secondary N) is 1. The van der Waals surface area contributed by atoms with Crippen molar-refractivity contribution in [1.82, 2.24) is 14.3 Å². The maximum atomic E-state index is 15.8. The van der Waals surface area contributed by atoms with E-state index in [1.54, 1.807) is 104 Å². The molecule has 0 saturated carbocycles. The van der Waals surface area contributed by atoms with Crippen LogP contribution in [-0.4, -0.2) is 35.3 Å². The summed E-state index contributed by atoms with van der Waals surface area (Å²) in [7, 11) is -3.90. The second kappa shape index (κ2) is 14.9. The summed E-state index contributed by atoms with van der Waals surface area (Å²) >= 11 is 6.56. The van der Waals surface area contributed by atoms with Gasteiger partial charge in [-0.25, -0.2) is 27.3 Å². The van der Waals surface area contributed by atoms with Crippen molar-refractivity contribution in [3.63, 3.8) is 0 Å². The fourth-order valence-corrected chi connectivity index (χ4v) is 7.37. The highest BCUT2D eigenvalue weighted by atomic mass is 35.5. The van der Waals surface area contributed by atoms with Gasteiger partial charge in [-0.3, -0.25) is 4.79 Å². The lowest BCUT2D eigenvalue weighted by molar-refractivity contribution is 0.0461. The number of hydrogen-bond donors (Lipinski definition) is 1. The van der Waals surface area contributed by atoms with Crippen molar-refractivity contribution in [2.24, 2.45) is 0 Å². The Labute approximate surface area is 291 Å². The fourth-order valence-electron chi connectivity index (χ4n) is 5.47. The number of hydrogen-bond acceptors (Lipinski definition) is 6. The van der Waals surface area contributed by atoms with Crippen LogP contribution in [0.25, 0.3) is 11.1 Å². The molecule has 4 aromatic carbocycles. The second-order valence-electron chi connectivity index (χ2n) is 12.6. The molecule has 0 aliphatic carbocycles. The van der Waals surface area contributed by atoms with Gasteiger partial charge >= 0.3 is 5.97 Å². The van der Waals surface area contributed by atoms with E-state index >= 15 is 4.39 Å². The van der Waals surface area contributed by atoms with Crippen molar-refractivity contribution in [2.75, 3.05) is 0 Å². The van der Waals surface area contributed by atoms with Crippen LogP contribution in [0.2, 0.25) is 5.15 Å². The molecule has 254 valence electrons. The first kappa shape index (κ1) is 35.7. The van der Waals surface area contributed by atoms with E-state index in [-0.39, 0.29) is 40.1 Å². The average Bonchev–Trinajstić information content (AvgIpc) is 3.36. The Hall–Kier alpha value is -4.64. The van der Waals surface area contributed by atoms with Crippen LogP contribution in [0.4, 0.5) is 4.39 Å². The van der Waals surface area contributed by atoms with E-state index < -0.39 is 27.3 Å². The van der Waals surface area contributed by atoms with E-state index in [0.717, 1.165) is 6.42 Å². The third-order valence-electron chi connectivity index (χ3n) is 7.65. The summed E-state index contributed by atoms with van der Waals surface area (Å²) in [4.78, 5) is 31.0. The van der Waals surface area contributed by atoms with Gasteiger partial charge in [-0.1, -0.05) is 97.4 Å². The van der Waals surface area contributed by atoms with Crippen molar-refractivity contribution in [2.45, 2.75) is 64.1 Å². The molecule has 5 rings (SSSR count). The summed E-state index contributed by atoms with van der Waals surface area (Å²) in [6.07, 6.45) is 1.27. The summed E-state index contributed by atoms with van der Waals surface area (Å²) in [6.45, 7) is 6.98. The summed E-state index contributed by atoms with van der Waals surface area (Å²) in [6, 6.07) is 26.1. The normalized spacial score (nSPS) is 11.8. The number of imidazole rings is 1. The number of carbonyl (C=O) groups excluding carboxylic acids is 2. The second-order valence-corrected chi connectivity index (χ2v) is 14.6. The maximum absolute atomic E-state index is 15.8. The van der Waals surface area contributed by atoms with Gasteiger partial charge in [0.25, 0.3) is 0 Å². The SMILES string of the molecule is CCCc1nc(Cl)c(COC(=O)c2ccccc2C(=O)c2ccccc2)n1Cc1ccc(-c2ccccc2S(=O)(=O)NC(C)(C)C)cc1F. The van der Waals surface area contributed by atoms with E-state index in [1.807, 2.05) is 6.92 Å². The molecule has 8 nitrogen and oxygen atoms in total. The highest BCUT2D eigenvalue weighted by Gasteiger charge is 2.26. The van der Waals surface area contributed by atoms with E-state index in [0.29, 0.717) is 40.2 Å². The number of ketones is 1. The molecule has 0 fully saturated rings. The van der Waals surface area contributed by atoms with Crippen LogP contribution in [0.3, 0.4) is 0 Å². The molecule has 0 aliphatic heterocycles. The number of aromatic nitrogens is 2. The summed E-state index contributed by atoms with van der Waals surface area (Å²) in [5.41, 5.74) is 1.47. The molecule has 0 atom stereocenters. The van der Waals surface area contributed by atoms with Gasteiger partial charge < -0.3 is 9.30 Å². The molecule has 5 aromatic rings. The van der Waals surface area contributed by atoms with Crippen LogP contribution >= 0.6 is 11.6 Å². The standard InChI is InChI=1S/C38H37ClFN3O5S/c1-5-13-34-41-36(39)32(24-48-37(45)30-18-10-9-17-29(30)35(44)25-14-7-6-8-15-25)43(34)23-27-21-20-26(22-31(27)40)28-16-11-12-19-33(28)49(46,47)42-38(2,3)4/h6-12,14-22,42H,5,13,23-24H2,1-4H3. The first-order valence-corrected chi connectivity index (χ1v) is 17.7. The molecule has 0 aliphatic rings. The van der Waals surface area contributed by atoms with Crippen molar-refractivity contribution in [3.05, 3.63) is 142 Å². The van der Waals surface area contributed by atoms with Crippen molar-refractivity contribution in [3.8, 4) is 11.1 Å². The predicted molar refractivity (Wildman–Crippen MR) is 188 cm³/mol. The average molecular weight is 702 g/mol. The Morgan fingerprint density at radius 2 is 1.57 bits per heavy atom. The number of nitrogens with zero attached hydrogens (tertiary/aromatic N) is 2. The Balaban J connectivity index is 1.42. The first-order chi connectivity index (χ1) is 23.3. The highest BCUT2D eigenvalue weighted by molar-refractivity contribution is 7.89. The lowest BCUT2D eigenvalue weighted by atomic mass is 9.98. The molecule has 0 bridgehead atoms. The monoisotopic (exact) mass is 701 g/mol. The fraction of sp³-hybridized carbons (Fsp3) is 0.237. The van der Waals surface area contributed by atoms with Gasteiger partial charge in [-0.05, 0) is 51.0 Å². The largest absolute Gasteiger partial charge is 0.456 e. The Morgan fingerprint density at radius 1 is 0.918 bits per heavy atom. The van der Waals surface area contributed by atoms with Crippen LogP contribution in [-0.2, 0) is 34.3 Å². The van der Waals surface area contributed by atoms with Crippen molar-refractivity contribution >= 4 is 33.4 Å². The molecule has 1 aromatic heterocycles. The van der Waals surface area contributed by atoms with Crippen molar-refractivity contribution < 1.29 is 27.1 Å². The molecule has 0 unspecified atom stereocenters. The van der Waals surface area contributed by atoms with Gasteiger partial charge in [-0.15, -0.1) is 0 Å². The number of sulfonamides is 1. The molecule has 0 amide bonds. The summed E-state index contributed by atoms with van der Waals surface area (Å²) < 4.78 is 52.3. The minimum absolute atomic E-state index is 0.0304. The minimum atomic E-state index is -3.90. The number of benzene rings is 4. The zero-order chi connectivity index (χ0) is 35.3. The van der Waals surface area contributed by atoms with E-state index in [4.69, 9.17) is 16.3 Å². The smallest absolute Gasteiger partial charge is 0.339 e. The molecule has 0 spiro atoms. The van der Waals surface area contributed by atoms with Crippen LogP contribution in [0.15, 0.2) is 102 Å². The molecular formula is C38H37ClFN3O5S. The lowest BCUT2D eigenvalue weighted by Crippen LogP contribution is -2.40. The van der Waals surface area contributed by atoms with Gasteiger partial charge in [0.2, 0.25) is 10.0 Å². The number of esters is 1. The lowest BCUT2D eigenvalue weighted by Gasteiger charge is -2.21. The number of ether oxygens (including phenoxy) is 1. The van der Waals surface area contributed by atoms with Crippen LogP contribution in [0.5, 0.6) is 0 Å². The summed E-state index contributed by atoms with van der Waals surface area (Å²) in [5.74, 6) is -1.000. The predicted octanol–water partition coefficient (Wildman–Crippen LogP) is 8.01. The maximum Gasteiger partial charge on any atom is 0.339 e. The zero-order valence-electron chi connectivity index (χ0n) is 27.7. The first-order valence-electron chi connectivity index (χ1n) is 15.8. The van der Waals surface area contributed by atoms with E-state index in [2.05, 4.69) is 9.71 Å². The van der Waals surface area contributed by atoms with E-state index in [9.17, 15) is 18.0 Å². The number of rotatable bonds is 12. The molecule has 1 heterocycles. The summed E-state index contributed by atoms with van der Waals surface area (Å²) in [5, 5.41) is 0.118. The Kier molecular flexibility index (Phi) is 10.8. The van der Waals surface area contributed by atoms with Crippen LogP contribution in [0.1, 0.15) is 77.5 Å². The molecule has 0 radical (unpaired) electrons. The Bertz CT molecular complexity index is 2110. The molecular weight excluding hydrogens is 665 g/mol. The quantitative estimate of drug-likeness (QED) is 0.104. The molecule has 1 N–H and O–H groups in total. The minimum Gasteiger partial charge on any atom is -0.456 e. The molecule has 0 saturated heterocycles. The molecule has 49 heavy (non-hydrogen) atoms. The zero-order valence-corrected chi connectivity index (χ0v) is 29.2. The molecule has 11 heteroatoms. The third-order valence-corrected chi connectivity index (χ3v) is 9.77. The van der Waals surface area contributed by atoms with Gasteiger partial charge in [-0.2, -0.15) is 0 Å².